The SMILES string of the molecule is CC(=O)NC1C(NC(N)N)C=C(C(=O)O)OC1C(F)C(O)CO. The van der Waals surface area contributed by atoms with Gasteiger partial charge in [-0.25, -0.2) is 9.18 Å². The number of carboxylic acid groups (broad SMARTS) is 1. The number of carbonyl (C=O) groups is 2. The molecule has 1 heterocycles. The minimum absolute atomic E-state index is 0.543. The Balaban J connectivity index is 3.19. The Hall–Kier alpha value is -1.79. The topological polar surface area (TPSA) is 180 Å². The van der Waals surface area contributed by atoms with Gasteiger partial charge in [-0.1, -0.05) is 0 Å². The van der Waals surface area contributed by atoms with Gasteiger partial charge in [-0.05, 0) is 6.08 Å². The van der Waals surface area contributed by atoms with Crippen LogP contribution in [0.1, 0.15) is 6.92 Å². The summed E-state index contributed by atoms with van der Waals surface area (Å²) in [6.45, 7) is 0.261. The summed E-state index contributed by atoms with van der Waals surface area (Å²) in [6, 6.07) is -2.07. The summed E-state index contributed by atoms with van der Waals surface area (Å²) in [5.41, 5.74) is 10.8. The first kappa shape index (κ1) is 19.3. The van der Waals surface area contributed by atoms with Crippen LogP contribution in [0.5, 0.6) is 0 Å². The molecule has 0 radical (unpaired) electrons. The summed E-state index contributed by atoms with van der Waals surface area (Å²) in [6.07, 6.45) is -5.56. The van der Waals surface area contributed by atoms with Crippen molar-refractivity contribution in [3.05, 3.63) is 11.8 Å². The Morgan fingerprint density at radius 2 is 2.09 bits per heavy atom. The van der Waals surface area contributed by atoms with Crippen molar-refractivity contribution in [2.75, 3.05) is 6.61 Å². The van der Waals surface area contributed by atoms with Gasteiger partial charge >= 0.3 is 5.97 Å². The summed E-state index contributed by atoms with van der Waals surface area (Å²) in [7, 11) is 0. The van der Waals surface area contributed by atoms with Crippen LogP contribution in [-0.2, 0) is 14.3 Å². The van der Waals surface area contributed by atoms with Crippen LogP contribution in [0.3, 0.4) is 0 Å². The first-order valence-electron chi connectivity index (χ1n) is 6.76. The lowest BCUT2D eigenvalue weighted by Crippen LogP contribution is -2.65. The van der Waals surface area contributed by atoms with Crippen LogP contribution in [-0.4, -0.2) is 70.6 Å². The van der Waals surface area contributed by atoms with Crippen LogP contribution in [0.2, 0.25) is 0 Å². The van der Waals surface area contributed by atoms with Crippen molar-refractivity contribution in [1.82, 2.24) is 10.6 Å². The number of carboxylic acids is 1. The van der Waals surface area contributed by atoms with E-state index < -0.39 is 61.0 Å². The maximum Gasteiger partial charge on any atom is 0.370 e. The predicted molar refractivity (Wildman–Crippen MR) is 75.3 cm³/mol. The predicted octanol–water partition coefficient (Wildman–Crippen LogP) is -3.29. The third-order valence-electron chi connectivity index (χ3n) is 3.17. The molecule has 1 aliphatic rings. The molecule has 0 bridgehead atoms. The van der Waals surface area contributed by atoms with Gasteiger partial charge in [-0.3, -0.25) is 10.1 Å². The van der Waals surface area contributed by atoms with Crippen molar-refractivity contribution in [2.45, 2.75) is 43.7 Å². The zero-order valence-corrected chi connectivity index (χ0v) is 12.3. The third kappa shape index (κ3) is 5.11. The molecule has 9 N–H and O–H groups in total. The van der Waals surface area contributed by atoms with Crippen LogP contribution < -0.4 is 22.1 Å². The van der Waals surface area contributed by atoms with Gasteiger partial charge < -0.3 is 36.8 Å². The smallest absolute Gasteiger partial charge is 0.370 e. The van der Waals surface area contributed by atoms with E-state index in [1.165, 1.54) is 6.92 Å². The van der Waals surface area contributed by atoms with E-state index in [0.29, 0.717) is 0 Å². The second kappa shape index (κ2) is 8.17. The number of hydrogen-bond acceptors (Lipinski definition) is 8. The maximum atomic E-state index is 14.3. The summed E-state index contributed by atoms with van der Waals surface area (Å²) < 4.78 is 19.4. The molecule has 0 aliphatic carbocycles. The molecule has 1 amide bonds. The lowest BCUT2D eigenvalue weighted by atomic mass is 9.92. The highest BCUT2D eigenvalue weighted by Crippen LogP contribution is 2.24. The van der Waals surface area contributed by atoms with Gasteiger partial charge in [-0.2, -0.15) is 0 Å². The number of amides is 1. The molecule has 0 aromatic heterocycles. The van der Waals surface area contributed by atoms with Crippen molar-refractivity contribution >= 4 is 11.9 Å². The molecular weight excluding hydrogens is 315 g/mol. The number of aliphatic hydroxyl groups is 2. The number of carbonyl (C=O) groups excluding carboxylic acids is 1. The highest BCUT2D eigenvalue weighted by molar-refractivity contribution is 5.84. The fourth-order valence-electron chi connectivity index (χ4n) is 2.22. The maximum absolute atomic E-state index is 14.3. The Morgan fingerprint density at radius 1 is 1.48 bits per heavy atom. The molecule has 0 saturated heterocycles. The quantitative estimate of drug-likeness (QED) is 0.234. The van der Waals surface area contributed by atoms with Crippen LogP contribution in [0.25, 0.3) is 0 Å². The molecule has 10 nitrogen and oxygen atoms in total. The molecule has 0 fully saturated rings. The molecule has 132 valence electrons. The number of ether oxygens (including phenoxy) is 1. The van der Waals surface area contributed by atoms with E-state index in [0.717, 1.165) is 6.08 Å². The molecule has 0 aromatic rings. The van der Waals surface area contributed by atoms with Crippen LogP contribution in [0.4, 0.5) is 4.39 Å². The molecule has 11 heteroatoms. The zero-order valence-electron chi connectivity index (χ0n) is 12.3. The van der Waals surface area contributed by atoms with Crippen molar-refractivity contribution < 1.29 is 34.0 Å². The highest BCUT2D eigenvalue weighted by Gasteiger charge is 2.44. The number of nitrogens with one attached hydrogen (secondary N) is 2. The number of aliphatic hydroxyl groups excluding tert-OH is 2. The minimum Gasteiger partial charge on any atom is -0.478 e. The molecule has 0 saturated carbocycles. The fourth-order valence-corrected chi connectivity index (χ4v) is 2.22. The van der Waals surface area contributed by atoms with Gasteiger partial charge in [0, 0.05) is 6.92 Å². The van der Waals surface area contributed by atoms with Gasteiger partial charge in [0.05, 0.1) is 18.7 Å². The van der Waals surface area contributed by atoms with E-state index in [-0.39, 0.29) is 0 Å². The van der Waals surface area contributed by atoms with Crippen molar-refractivity contribution in [1.29, 1.82) is 0 Å². The summed E-state index contributed by atoms with van der Waals surface area (Å²) in [5, 5.41) is 32.4. The monoisotopic (exact) mass is 336 g/mol. The normalized spacial score (nSPS) is 26.9. The number of hydrogen-bond donors (Lipinski definition) is 7. The van der Waals surface area contributed by atoms with Crippen molar-refractivity contribution in [2.24, 2.45) is 11.5 Å². The second-order valence-electron chi connectivity index (χ2n) is 5.06. The van der Waals surface area contributed by atoms with Gasteiger partial charge in [0.25, 0.3) is 0 Å². The number of alkyl halides is 1. The number of aliphatic carboxylic acids is 1. The molecule has 1 aliphatic heterocycles. The molecule has 23 heavy (non-hydrogen) atoms. The van der Waals surface area contributed by atoms with Crippen LogP contribution in [0, 0.1) is 0 Å². The molecule has 0 aromatic carbocycles. The molecular formula is C12H21FN4O6. The van der Waals surface area contributed by atoms with Crippen LogP contribution in [0.15, 0.2) is 11.8 Å². The Bertz CT molecular complexity index is 474. The van der Waals surface area contributed by atoms with Gasteiger partial charge in [0.15, 0.2) is 12.3 Å². The lowest BCUT2D eigenvalue weighted by Gasteiger charge is -2.39. The standard InChI is InChI=1S/C12H21FN4O6/c1-4(19)16-9-5(17-12(14)15)2-7(11(21)22)23-10(9)8(13)6(20)3-18/h2,5-6,8-10,12,17-18,20H,3,14-15H2,1H3,(H,16,19)(H,21,22). The zero-order chi connectivity index (χ0) is 17.7. The van der Waals surface area contributed by atoms with Crippen molar-refractivity contribution in [3.8, 4) is 0 Å². The van der Waals surface area contributed by atoms with E-state index in [4.69, 9.17) is 26.4 Å². The Kier molecular flexibility index (Phi) is 6.84. The summed E-state index contributed by atoms with van der Waals surface area (Å²) in [5.74, 6) is -2.61. The first-order valence-corrected chi connectivity index (χ1v) is 6.76. The number of nitrogens with two attached hydrogens (primary N) is 2. The summed E-state index contributed by atoms with van der Waals surface area (Å²) >= 11 is 0. The van der Waals surface area contributed by atoms with Crippen LogP contribution >= 0.6 is 0 Å². The van der Waals surface area contributed by atoms with E-state index in [9.17, 15) is 19.1 Å². The Morgan fingerprint density at radius 3 is 2.52 bits per heavy atom. The summed E-state index contributed by atoms with van der Waals surface area (Å²) in [4.78, 5) is 22.5. The largest absolute Gasteiger partial charge is 0.478 e. The molecule has 5 atom stereocenters. The number of halogens is 1. The molecule has 1 rings (SSSR count). The van der Waals surface area contributed by atoms with Crippen molar-refractivity contribution in [3.63, 3.8) is 0 Å². The molecule has 0 spiro atoms. The third-order valence-corrected chi connectivity index (χ3v) is 3.17. The fraction of sp³-hybridized carbons (Fsp3) is 0.667. The minimum atomic E-state index is -2.17. The molecule has 5 unspecified atom stereocenters. The van der Waals surface area contributed by atoms with E-state index >= 15 is 0 Å². The Labute approximate surface area is 131 Å². The van der Waals surface area contributed by atoms with E-state index in [1.54, 1.807) is 0 Å². The average Bonchev–Trinajstić information content (AvgIpc) is 2.45. The van der Waals surface area contributed by atoms with E-state index in [2.05, 4.69) is 10.6 Å². The lowest BCUT2D eigenvalue weighted by molar-refractivity contribution is -0.142. The van der Waals surface area contributed by atoms with Gasteiger partial charge in [-0.15, -0.1) is 0 Å². The van der Waals surface area contributed by atoms with Gasteiger partial charge in [0.2, 0.25) is 11.7 Å². The second-order valence-corrected chi connectivity index (χ2v) is 5.06. The van der Waals surface area contributed by atoms with E-state index in [1.807, 2.05) is 0 Å². The average molecular weight is 336 g/mol. The first-order chi connectivity index (χ1) is 10.7. The van der Waals surface area contributed by atoms with Gasteiger partial charge in [0.1, 0.15) is 12.4 Å². The highest BCUT2D eigenvalue weighted by atomic mass is 19.1. The number of rotatable bonds is 7.